The first-order valence-electron chi connectivity index (χ1n) is 5.23. The molecule has 0 amide bonds. The number of allylic oxidation sites excluding steroid dienone is 1. The van der Waals surface area contributed by atoms with Gasteiger partial charge in [-0.3, -0.25) is 0 Å². The average Bonchev–Trinajstić information content (AvgIpc) is 2.89. The van der Waals surface area contributed by atoms with Gasteiger partial charge in [0.1, 0.15) is 0 Å². The van der Waals surface area contributed by atoms with E-state index in [1.165, 1.54) is 11.8 Å². The van der Waals surface area contributed by atoms with E-state index in [-0.39, 0.29) is 0 Å². The first kappa shape index (κ1) is 12.7. The largest absolute Gasteiger partial charge is 0.266 e. The molecule has 0 saturated carbocycles. The molecule has 2 aromatic rings. The van der Waals surface area contributed by atoms with Crippen LogP contribution in [0.5, 0.6) is 0 Å². The van der Waals surface area contributed by atoms with Crippen LogP contribution in [0.4, 0.5) is 8.78 Å². The molecule has 18 heavy (non-hydrogen) atoms. The van der Waals surface area contributed by atoms with Gasteiger partial charge in [-0.1, -0.05) is 11.8 Å². The summed E-state index contributed by atoms with van der Waals surface area (Å²) >= 11 is 1.33. The van der Waals surface area contributed by atoms with Gasteiger partial charge in [0.2, 0.25) is 0 Å². The molecule has 0 saturated heterocycles. The molecule has 0 aliphatic rings. The second-order valence-electron chi connectivity index (χ2n) is 3.28. The van der Waals surface area contributed by atoms with Crippen molar-refractivity contribution in [3.63, 3.8) is 0 Å². The monoisotopic (exact) mass is 268 g/mol. The van der Waals surface area contributed by atoms with Gasteiger partial charge in [0, 0.05) is 30.4 Å². The summed E-state index contributed by atoms with van der Waals surface area (Å²) in [5.74, 6) is 1.17. The Labute approximate surface area is 107 Å². The van der Waals surface area contributed by atoms with Gasteiger partial charge in [-0.05, 0) is 18.6 Å². The Morgan fingerprint density at radius 2 is 2.28 bits per heavy atom. The maximum absolute atomic E-state index is 11.8. The van der Waals surface area contributed by atoms with Gasteiger partial charge in [-0.2, -0.15) is 13.9 Å². The van der Waals surface area contributed by atoms with Crippen molar-refractivity contribution < 1.29 is 8.78 Å². The van der Waals surface area contributed by atoms with Crippen LogP contribution >= 0.6 is 11.8 Å². The highest BCUT2D eigenvalue weighted by molar-refractivity contribution is 7.99. The smallest absolute Gasteiger partial charge is 0.231 e. The maximum atomic E-state index is 11.8. The molecule has 0 aliphatic heterocycles. The number of hydrogen-bond donors (Lipinski definition) is 0. The number of hydrogen-bond acceptors (Lipinski definition) is 4. The first-order chi connectivity index (χ1) is 8.75. The summed E-state index contributed by atoms with van der Waals surface area (Å²) in [7, 11) is 0. The molecule has 94 valence electrons. The predicted molar refractivity (Wildman–Crippen MR) is 64.8 cm³/mol. The Hall–Kier alpha value is -1.76. The Balaban J connectivity index is 1.98. The lowest BCUT2D eigenvalue weighted by atomic mass is 10.5. The van der Waals surface area contributed by atoms with E-state index in [0.717, 1.165) is 6.08 Å². The van der Waals surface area contributed by atoms with E-state index in [1.54, 1.807) is 35.4 Å². The fourth-order valence-electron chi connectivity index (χ4n) is 1.25. The van der Waals surface area contributed by atoms with Crippen LogP contribution < -0.4 is 0 Å². The summed E-state index contributed by atoms with van der Waals surface area (Å²) in [6.45, 7) is 0. The van der Waals surface area contributed by atoms with E-state index in [9.17, 15) is 8.78 Å². The van der Waals surface area contributed by atoms with Crippen molar-refractivity contribution >= 4 is 11.8 Å². The molecule has 0 radical (unpaired) electrons. The van der Waals surface area contributed by atoms with Crippen molar-refractivity contribution in [2.45, 2.75) is 11.6 Å². The molecule has 2 rings (SSSR count). The molecular weight excluding hydrogens is 258 g/mol. The fourth-order valence-corrected chi connectivity index (χ4v) is 1.96. The molecular formula is C11H10F2N4S. The van der Waals surface area contributed by atoms with Crippen molar-refractivity contribution in [1.29, 1.82) is 0 Å². The maximum Gasteiger partial charge on any atom is 0.266 e. The molecule has 2 aromatic heterocycles. The summed E-state index contributed by atoms with van der Waals surface area (Å²) in [4.78, 5) is 8.34. The summed E-state index contributed by atoms with van der Waals surface area (Å²) in [5, 5.41) is 4.61. The van der Waals surface area contributed by atoms with Crippen LogP contribution in [0.15, 0.2) is 48.0 Å². The van der Waals surface area contributed by atoms with Gasteiger partial charge < -0.3 is 0 Å². The quantitative estimate of drug-likeness (QED) is 0.475. The van der Waals surface area contributed by atoms with E-state index >= 15 is 0 Å². The second kappa shape index (κ2) is 6.25. The Morgan fingerprint density at radius 1 is 1.39 bits per heavy atom. The lowest BCUT2D eigenvalue weighted by Crippen LogP contribution is -1.99. The minimum atomic E-state index is -1.65. The highest BCUT2D eigenvalue weighted by Gasteiger charge is 2.02. The summed E-state index contributed by atoms with van der Waals surface area (Å²) in [6, 6.07) is 3.53. The first-order valence-corrected chi connectivity index (χ1v) is 6.21. The van der Waals surface area contributed by atoms with Gasteiger partial charge in [0.25, 0.3) is 6.08 Å². The number of aromatic nitrogens is 4. The van der Waals surface area contributed by atoms with Crippen LogP contribution in [0.2, 0.25) is 0 Å². The third-order valence-electron chi connectivity index (χ3n) is 2.01. The van der Waals surface area contributed by atoms with Crippen molar-refractivity contribution in [3.05, 3.63) is 42.9 Å². The zero-order valence-electron chi connectivity index (χ0n) is 9.33. The lowest BCUT2D eigenvalue weighted by Gasteiger charge is -2.02. The molecule has 4 nitrogen and oxygen atoms in total. The molecule has 2 heterocycles. The standard InChI is InChI=1S/C11H10F2N4S/c12-9(13)3-1-8-18-11-14-6-4-10(16-11)17-7-2-5-15-17/h2-7H,1,8H2. The molecule has 0 bridgehead atoms. The lowest BCUT2D eigenvalue weighted by molar-refractivity contribution is 0.418. The molecule has 0 aliphatic carbocycles. The van der Waals surface area contributed by atoms with E-state index in [4.69, 9.17) is 0 Å². The third kappa shape index (κ3) is 3.63. The van der Waals surface area contributed by atoms with Crippen molar-refractivity contribution in [3.8, 4) is 5.82 Å². The summed E-state index contributed by atoms with van der Waals surface area (Å²) < 4.78 is 25.3. The van der Waals surface area contributed by atoms with Gasteiger partial charge in [-0.15, -0.1) is 0 Å². The van der Waals surface area contributed by atoms with Crippen molar-refractivity contribution in [2.24, 2.45) is 0 Å². The number of nitrogens with zero attached hydrogens (tertiary/aromatic N) is 4. The van der Waals surface area contributed by atoms with Gasteiger partial charge in [0.15, 0.2) is 11.0 Å². The van der Waals surface area contributed by atoms with E-state index in [0.29, 0.717) is 23.1 Å². The van der Waals surface area contributed by atoms with Crippen LogP contribution in [0.25, 0.3) is 5.82 Å². The molecule has 0 spiro atoms. The highest BCUT2D eigenvalue weighted by atomic mass is 32.2. The van der Waals surface area contributed by atoms with Crippen LogP contribution in [-0.4, -0.2) is 25.5 Å². The minimum absolute atomic E-state index is 0.294. The Morgan fingerprint density at radius 3 is 3.00 bits per heavy atom. The van der Waals surface area contributed by atoms with E-state index in [2.05, 4.69) is 15.1 Å². The topological polar surface area (TPSA) is 43.6 Å². The molecule has 0 N–H and O–H groups in total. The molecule has 0 aromatic carbocycles. The zero-order chi connectivity index (χ0) is 12.8. The van der Waals surface area contributed by atoms with Crippen LogP contribution in [0.1, 0.15) is 6.42 Å². The highest BCUT2D eigenvalue weighted by Crippen LogP contribution is 2.15. The van der Waals surface area contributed by atoms with Crippen LogP contribution in [-0.2, 0) is 0 Å². The van der Waals surface area contributed by atoms with Crippen molar-refractivity contribution in [1.82, 2.24) is 19.7 Å². The molecule has 0 unspecified atom stereocenters. The van der Waals surface area contributed by atoms with E-state index < -0.39 is 6.08 Å². The number of rotatable bonds is 5. The molecule has 0 fully saturated rings. The van der Waals surface area contributed by atoms with Gasteiger partial charge >= 0.3 is 0 Å². The number of halogens is 2. The Bertz CT molecular complexity index is 524. The molecule has 0 atom stereocenters. The zero-order valence-corrected chi connectivity index (χ0v) is 10.1. The SMILES string of the molecule is FC(F)=CCCSc1nccc(-n2cccn2)n1. The van der Waals surface area contributed by atoms with E-state index in [1.807, 2.05) is 0 Å². The van der Waals surface area contributed by atoms with Crippen molar-refractivity contribution in [2.75, 3.05) is 5.75 Å². The third-order valence-corrected chi connectivity index (χ3v) is 2.90. The van der Waals surface area contributed by atoms with Crippen LogP contribution in [0.3, 0.4) is 0 Å². The van der Waals surface area contributed by atoms with Gasteiger partial charge in [0.05, 0.1) is 0 Å². The van der Waals surface area contributed by atoms with Gasteiger partial charge in [-0.25, -0.2) is 14.6 Å². The minimum Gasteiger partial charge on any atom is -0.231 e. The van der Waals surface area contributed by atoms with Crippen LogP contribution in [0, 0.1) is 0 Å². The summed E-state index contributed by atoms with van der Waals surface area (Å²) in [5.41, 5.74) is 0. The normalized spacial score (nSPS) is 10.3. The average molecular weight is 268 g/mol. The predicted octanol–water partition coefficient (Wildman–Crippen LogP) is 2.92. The number of thioether (sulfide) groups is 1. The molecule has 7 heteroatoms. The Kier molecular flexibility index (Phi) is 4.40. The fraction of sp³-hybridized carbons (Fsp3) is 0.182. The summed E-state index contributed by atoms with van der Waals surface area (Å²) in [6.07, 6.45) is 4.59. The second-order valence-corrected chi connectivity index (χ2v) is 4.34.